The molecule has 0 saturated carbocycles. The molecule has 0 unspecified atom stereocenters. The van der Waals surface area contributed by atoms with Gasteiger partial charge in [0.15, 0.2) is 0 Å². The number of alkyl halides is 3. The van der Waals surface area contributed by atoms with E-state index < -0.39 is 11.7 Å². The van der Waals surface area contributed by atoms with E-state index in [-0.39, 0.29) is 17.1 Å². The van der Waals surface area contributed by atoms with Crippen molar-refractivity contribution in [3.8, 4) is 11.3 Å². The summed E-state index contributed by atoms with van der Waals surface area (Å²) in [5.41, 5.74) is 4.71. The predicted octanol–water partition coefficient (Wildman–Crippen LogP) is 2.45. The van der Waals surface area contributed by atoms with Crippen LogP contribution in [0.4, 0.5) is 19.0 Å². The van der Waals surface area contributed by atoms with E-state index in [9.17, 15) is 13.2 Å². The first-order valence-corrected chi connectivity index (χ1v) is 5.00. The third-order valence-corrected chi connectivity index (χ3v) is 2.26. The first kappa shape index (κ1) is 12.3. The number of rotatable bonds is 1. The number of hydrogen-bond donors (Lipinski definition) is 1. The van der Waals surface area contributed by atoms with Gasteiger partial charge in [0.2, 0.25) is 0 Å². The molecule has 0 aliphatic heterocycles. The van der Waals surface area contributed by atoms with Crippen molar-refractivity contribution in [2.45, 2.75) is 13.1 Å². The van der Waals surface area contributed by atoms with Crippen molar-refractivity contribution in [1.29, 1.82) is 0 Å². The summed E-state index contributed by atoms with van der Waals surface area (Å²) in [5.74, 6) is 0.427. The molecule has 0 amide bonds. The number of anilines is 1. The highest BCUT2D eigenvalue weighted by molar-refractivity contribution is 5.65. The lowest BCUT2D eigenvalue weighted by Crippen LogP contribution is -2.08. The average molecular weight is 254 g/mol. The van der Waals surface area contributed by atoms with Gasteiger partial charge in [-0.2, -0.15) is 13.2 Å². The molecule has 94 valence electrons. The van der Waals surface area contributed by atoms with E-state index in [2.05, 4.69) is 15.0 Å². The van der Waals surface area contributed by atoms with E-state index in [4.69, 9.17) is 5.73 Å². The second kappa shape index (κ2) is 4.25. The minimum Gasteiger partial charge on any atom is -0.384 e. The van der Waals surface area contributed by atoms with Gasteiger partial charge in [-0.15, -0.1) is 0 Å². The number of nitrogens with zero attached hydrogens (tertiary/aromatic N) is 3. The summed E-state index contributed by atoms with van der Waals surface area (Å²) < 4.78 is 38.5. The zero-order valence-corrected chi connectivity index (χ0v) is 9.36. The molecule has 0 aromatic carbocycles. The maximum Gasteiger partial charge on any atom is 0.417 e. The van der Waals surface area contributed by atoms with Crippen LogP contribution in [0.3, 0.4) is 0 Å². The Balaban J connectivity index is 2.64. The number of aromatic nitrogens is 3. The standard InChI is InChI=1S/C11H9F3N4/c1-6-17-9(4-10(15)18-6)7-5-16-3-2-8(7)11(12,13)14/h2-5H,1H3,(H2,15,17,18). The Morgan fingerprint density at radius 3 is 2.56 bits per heavy atom. The zero-order valence-electron chi connectivity index (χ0n) is 9.36. The summed E-state index contributed by atoms with van der Waals surface area (Å²) in [6, 6.07) is 2.20. The lowest BCUT2D eigenvalue weighted by molar-refractivity contribution is -0.137. The Labute approximate surface area is 101 Å². The van der Waals surface area contributed by atoms with Gasteiger partial charge in [-0.3, -0.25) is 4.98 Å². The molecule has 0 radical (unpaired) electrons. The molecule has 0 aliphatic rings. The van der Waals surface area contributed by atoms with E-state index in [1.165, 1.54) is 6.07 Å². The fourth-order valence-electron chi connectivity index (χ4n) is 1.57. The highest BCUT2D eigenvalue weighted by atomic mass is 19.4. The van der Waals surface area contributed by atoms with Crippen LogP contribution in [0.2, 0.25) is 0 Å². The van der Waals surface area contributed by atoms with Crippen LogP contribution in [0.15, 0.2) is 24.5 Å². The van der Waals surface area contributed by atoms with Gasteiger partial charge in [0.25, 0.3) is 0 Å². The molecular weight excluding hydrogens is 245 g/mol. The molecule has 2 aromatic heterocycles. The first-order valence-electron chi connectivity index (χ1n) is 5.00. The molecule has 7 heteroatoms. The number of aryl methyl sites for hydroxylation is 1. The molecule has 0 spiro atoms. The number of nitrogens with two attached hydrogens (primary N) is 1. The second-order valence-electron chi connectivity index (χ2n) is 3.64. The maximum atomic E-state index is 12.8. The van der Waals surface area contributed by atoms with E-state index in [0.29, 0.717) is 5.82 Å². The van der Waals surface area contributed by atoms with Gasteiger partial charge < -0.3 is 5.73 Å². The monoisotopic (exact) mass is 254 g/mol. The fraction of sp³-hybridized carbons (Fsp3) is 0.182. The molecule has 0 bridgehead atoms. The Morgan fingerprint density at radius 2 is 1.94 bits per heavy atom. The van der Waals surface area contributed by atoms with Gasteiger partial charge in [-0.25, -0.2) is 9.97 Å². The van der Waals surface area contributed by atoms with E-state index in [0.717, 1.165) is 18.5 Å². The van der Waals surface area contributed by atoms with Crippen LogP contribution >= 0.6 is 0 Å². The largest absolute Gasteiger partial charge is 0.417 e. The third-order valence-electron chi connectivity index (χ3n) is 2.26. The van der Waals surface area contributed by atoms with Crippen LogP contribution in [-0.4, -0.2) is 15.0 Å². The molecule has 0 saturated heterocycles. The molecule has 0 aliphatic carbocycles. The maximum absolute atomic E-state index is 12.8. The number of pyridine rings is 1. The number of hydrogen-bond acceptors (Lipinski definition) is 4. The summed E-state index contributed by atoms with van der Waals surface area (Å²) in [6.07, 6.45) is -2.26. The van der Waals surface area contributed by atoms with Crippen molar-refractivity contribution >= 4 is 5.82 Å². The molecule has 2 aromatic rings. The fourth-order valence-corrected chi connectivity index (χ4v) is 1.57. The molecule has 18 heavy (non-hydrogen) atoms. The van der Waals surface area contributed by atoms with Crippen LogP contribution in [0, 0.1) is 6.92 Å². The predicted molar refractivity (Wildman–Crippen MR) is 59.4 cm³/mol. The highest BCUT2D eigenvalue weighted by Crippen LogP contribution is 2.35. The second-order valence-corrected chi connectivity index (χ2v) is 3.64. The highest BCUT2D eigenvalue weighted by Gasteiger charge is 2.34. The third kappa shape index (κ3) is 2.39. The van der Waals surface area contributed by atoms with Gasteiger partial charge >= 0.3 is 6.18 Å². The van der Waals surface area contributed by atoms with Crippen LogP contribution in [-0.2, 0) is 6.18 Å². The smallest absolute Gasteiger partial charge is 0.384 e. The van der Waals surface area contributed by atoms with E-state index in [1.54, 1.807) is 6.92 Å². The van der Waals surface area contributed by atoms with Gasteiger partial charge in [-0.05, 0) is 13.0 Å². The van der Waals surface area contributed by atoms with E-state index >= 15 is 0 Å². The molecule has 2 heterocycles. The van der Waals surface area contributed by atoms with Gasteiger partial charge in [-0.1, -0.05) is 0 Å². The Kier molecular flexibility index (Phi) is 2.90. The summed E-state index contributed by atoms with van der Waals surface area (Å²) in [6.45, 7) is 1.56. The van der Waals surface area contributed by atoms with E-state index in [1.807, 2.05) is 0 Å². The minimum atomic E-state index is -4.47. The normalized spacial score (nSPS) is 11.6. The Bertz CT molecular complexity index is 560. The Hall–Kier alpha value is -2.18. The quantitative estimate of drug-likeness (QED) is 0.848. The van der Waals surface area contributed by atoms with Gasteiger partial charge in [0, 0.05) is 24.0 Å². The molecule has 0 fully saturated rings. The zero-order chi connectivity index (χ0) is 13.3. The molecule has 2 N–H and O–H groups in total. The summed E-state index contributed by atoms with van der Waals surface area (Å²) >= 11 is 0. The molecule has 2 rings (SSSR count). The number of nitrogen functional groups attached to an aromatic ring is 1. The van der Waals surface area contributed by atoms with Crippen LogP contribution in [0.5, 0.6) is 0 Å². The van der Waals surface area contributed by atoms with Crippen molar-refractivity contribution in [3.05, 3.63) is 35.9 Å². The van der Waals surface area contributed by atoms with Gasteiger partial charge in [0.1, 0.15) is 11.6 Å². The molecule has 0 atom stereocenters. The molecule has 4 nitrogen and oxygen atoms in total. The minimum absolute atomic E-state index is 0.109. The Morgan fingerprint density at radius 1 is 1.22 bits per heavy atom. The topological polar surface area (TPSA) is 64.7 Å². The van der Waals surface area contributed by atoms with Crippen molar-refractivity contribution in [2.24, 2.45) is 0 Å². The van der Waals surface area contributed by atoms with Crippen LogP contribution in [0.1, 0.15) is 11.4 Å². The summed E-state index contributed by atoms with van der Waals surface area (Å²) in [4.78, 5) is 11.5. The van der Waals surface area contributed by atoms with Crippen molar-refractivity contribution < 1.29 is 13.2 Å². The van der Waals surface area contributed by atoms with Gasteiger partial charge in [0.05, 0.1) is 11.3 Å². The average Bonchev–Trinajstić information content (AvgIpc) is 2.26. The molecular formula is C11H9F3N4. The van der Waals surface area contributed by atoms with Crippen LogP contribution < -0.4 is 5.73 Å². The number of halogens is 3. The first-order chi connectivity index (χ1) is 8.38. The van der Waals surface area contributed by atoms with Crippen molar-refractivity contribution in [3.63, 3.8) is 0 Å². The van der Waals surface area contributed by atoms with Crippen molar-refractivity contribution in [2.75, 3.05) is 5.73 Å². The van der Waals surface area contributed by atoms with Crippen molar-refractivity contribution in [1.82, 2.24) is 15.0 Å². The SMILES string of the molecule is Cc1nc(N)cc(-c2cnccc2C(F)(F)F)n1. The van der Waals surface area contributed by atoms with Crippen LogP contribution in [0.25, 0.3) is 11.3 Å². The summed E-state index contributed by atoms with van der Waals surface area (Å²) in [5, 5.41) is 0. The summed E-state index contributed by atoms with van der Waals surface area (Å²) in [7, 11) is 0. The lowest BCUT2D eigenvalue weighted by Gasteiger charge is -2.12. The lowest BCUT2D eigenvalue weighted by atomic mass is 10.1.